The lowest BCUT2D eigenvalue weighted by Gasteiger charge is -2.14. The summed E-state index contributed by atoms with van der Waals surface area (Å²) in [6, 6.07) is 13.8. The number of halogens is 1. The van der Waals surface area contributed by atoms with Gasteiger partial charge in [-0.3, -0.25) is 4.98 Å². The van der Waals surface area contributed by atoms with Crippen molar-refractivity contribution in [3.8, 4) is 11.4 Å². The van der Waals surface area contributed by atoms with E-state index in [2.05, 4.69) is 67.4 Å². The topological polar surface area (TPSA) is 66.0 Å². The predicted molar refractivity (Wildman–Crippen MR) is 119 cm³/mol. The summed E-state index contributed by atoms with van der Waals surface area (Å²) in [5, 5.41) is 6.75. The summed E-state index contributed by atoms with van der Waals surface area (Å²) in [5.74, 6) is 1.32. The second-order valence-electron chi connectivity index (χ2n) is 6.80. The maximum Gasteiger partial charge on any atom is 0.225 e. The first-order valence-electron chi connectivity index (χ1n) is 9.24. The van der Waals surface area contributed by atoms with E-state index >= 15 is 0 Å². The fraction of sp³-hybridized carbons (Fsp3) is 0.286. The van der Waals surface area contributed by atoms with Gasteiger partial charge in [0.2, 0.25) is 5.95 Å². The molecule has 0 atom stereocenters. The zero-order valence-corrected chi connectivity index (χ0v) is 18.0. The summed E-state index contributed by atoms with van der Waals surface area (Å²) < 4.78 is 1.05. The summed E-state index contributed by atoms with van der Waals surface area (Å²) in [4.78, 5) is 15.9. The lowest BCUT2D eigenvalue weighted by Crippen LogP contribution is -2.17. The van der Waals surface area contributed by atoms with Crippen molar-refractivity contribution in [2.75, 3.05) is 37.8 Å². The molecule has 3 rings (SSSR count). The maximum atomic E-state index is 4.65. The lowest BCUT2D eigenvalue weighted by molar-refractivity contribution is 0.405. The van der Waals surface area contributed by atoms with E-state index in [0.717, 1.165) is 52.4 Å². The first kappa shape index (κ1) is 20.2. The van der Waals surface area contributed by atoms with Gasteiger partial charge in [0, 0.05) is 29.0 Å². The van der Waals surface area contributed by atoms with Crippen molar-refractivity contribution in [3.05, 3.63) is 58.7 Å². The molecule has 0 unspecified atom stereocenters. The van der Waals surface area contributed by atoms with Crippen LogP contribution in [0.5, 0.6) is 0 Å². The Kier molecular flexibility index (Phi) is 6.95. The molecule has 2 N–H and O–H groups in total. The zero-order valence-electron chi connectivity index (χ0n) is 16.4. The second-order valence-corrected chi connectivity index (χ2v) is 7.65. The molecular formula is C21H25BrN6. The van der Waals surface area contributed by atoms with E-state index in [-0.39, 0.29) is 0 Å². The van der Waals surface area contributed by atoms with Crippen molar-refractivity contribution < 1.29 is 0 Å². The smallest absolute Gasteiger partial charge is 0.225 e. The molecule has 0 aliphatic heterocycles. The molecule has 0 radical (unpaired) electrons. The van der Waals surface area contributed by atoms with E-state index in [1.165, 1.54) is 0 Å². The van der Waals surface area contributed by atoms with Crippen LogP contribution in [0.25, 0.3) is 11.4 Å². The van der Waals surface area contributed by atoms with Crippen molar-refractivity contribution in [1.82, 2.24) is 19.9 Å². The highest BCUT2D eigenvalue weighted by molar-refractivity contribution is 9.10. The van der Waals surface area contributed by atoms with Gasteiger partial charge >= 0.3 is 0 Å². The van der Waals surface area contributed by atoms with Crippen molar-refractivity contribution >= 4 is 33.4 Å². The van der Waals surface area contributed by atoms with Gasteiger partial charge in [-0.15, -0.1) is 0 Å². The summed E-state index contributed by atoms with van der Waals surface area (Å²) in [5.41, 5.74) is 3.72. The highest BCUT2D eigenvalue weighted by atomic mass is 79.9. The number of nitrogens with one attached hydrogen (secondary N) is 2. The van der Waals surface area contributed by atoms with Crippen LogP contribution in [0.15, 0.2) is 53.1 Å². The van der Waals surface area contributed by atoms with E-state index < -0.39 is 0 Å². The average Bonchev–Trinajstić information content (AvgIpc) is 2.69. The number of benzene rings is 1. The Balaban J connectivity index is 1.87. The Morgan fingerprint density at radius 2 is 1.89 bits per heavy atom. The standard InChI is InChI=1S/C21H25BrN6/c1-15-16(22)8-6-10-17(15)25-20-14-19(18-9-4-5-11-23-18)26-21(27-20)24-12-7-13-28(2)3/h4-6,8-11,14H,7,12-13H2,1-3H3,(H2,24,25,26,27). The molecule has 6 nitrogen and oxygen atoms in total. The number of anilines is 3. The molecule has 7 heteroatoms. The van der Waals surface area contributed by atoms with Gasteiger partial charge in [0.1, 0.15) is 5.82 Å². The van der Waals surface area contributed by atoms with E-state index in [4.69, 9.17) is 0 Å². The average molecular weight is 441 g/mol. The Labute approximate surface area is 174 Å². The molecule has 0 fully saturated rings. The minimum Gasteiger partial charge on any atom is -0.354 e. The van der Waals surface area contributed by atoms with Gasteiger partial charge in [-0.2, -0.15) is 4.98 Å². The Bertz CT molecular complexity index is 914. The van der Waals surface area contributed by atoms with Crippen LogP contribution < -0.4 is 10.6 Å². The second kappa shape index (κ2) is 9.61. The molecule has 3 aromatic rings. The Morgan fingerprint density at radius 3 is 2.64 bits per heavy atom. The third-order valence-corrected chi connectivity index (χ3v) is 5.11. The van der Waals surface area contributed by atoms with Crippen molar-refractivity contribution in [1.29, 1.82) is 0 Å². The van der Waals surface area contributed by atoms with Crippen LogP contribution >= 0.6 is 15.9 Å². The first-order chi connectivity index (χ1) is 13.5. The molecule has 0 saturated heterocycles. The van der Waals surface area contributed by atoms with E-state index in [0.29, 0.717) is 5.95 Å². The molecule has 0 amide bonds. The normalized spacial score (nSPS) is 10.9. The van der Waals surface area contributed by atoms with Crippen LogP contribution in [0.3, 0.4) is 0 Å². The third kappa shape index (κ3) is 5.50. The number of hydrogen-bond acceptors (Lipinski definition) is 6. The number of aromatic nitrogens is 3. The van der Waals surface area contributed by atoms with Crippen LogP contribution in [0.4, 0.5) is 17.5 Å². The summed E-state index contributed by atoms with van der Waals surface area (Å²) in [6.45, 7) is 3.88. The molecule has 146 valence electrons. The van der Waals surface area contributed by atoms with Gasteiger partial charge in [0.15, 0.2) is 0 Å². The van der Waals surface area contributed by atoms with Crippen LogP contribution in [0, 0.1) is 6.92 Å². The Hall–Kier alpha value is -2.51. The van der Waals surface area contributed by atoms with Crippen LogP contribution in [-0.2, 0) is 0 Å². The fourth-order valence-electron chi connectivity index (χ4n) is 2.71. The van der Waals surface area contributed by atoms with Gasteiger partial charge in [-0.1, -0.05) is 28.1 Å². The molecule has 0 aliphatic rings. The molecule has 0 bridgehead atoms. The quantitative estimate of drug-likeness (QED) is 0.494. The highest BCUT2D eigenvalue weighted by Gasteiger charge is 2.10. The monoisotopic (exact) mass is 440 g/mol. The van der Waals surface area contributed by atoms with E-state index in [1.807, 2.05) is 42.5 Å². The molecule has 0 aliphatic carbocycles. The largest absolute Gasteiger partial charge is 0.354 e. The summed E-state index contributed by atoms with van der Waals surface area (Å²) >= 11 is 3.58. The van der Waals surface area contributed by atoms with Crippen molar-refractivity contribution in [2.24, 2.45) is 0 Å². The summed E-state index contributed by atoms with van der Waals surface area (Å²) in [6.07, 6.45) is 2.78. The van der Waals surface area contributed by atoms with E-state index in [1.54, 1.807) is 6.20 Å². The predicted octanol–water partition coefficient (Wildman–Crippen LogP) is 4.72. The highest BCUT2D eigenvalue weighted by Crippen LogP contribution is 2.27. The van der Waals surface area contributed by atoms with Crippen LogP contribution in [0.2, 0.25) is 0 Å². The maximum absolute atomic E-state index is 4.65. The first-order valence-corrected chi connectivity index (χ1v) is 10.0. The van der Waals surface area contributed by atoms with Crippen LogP contribution in [-0.4, -0.2) is 47.0 Å². The van der Waals surface area contributed by atoms with E-state index in [9.17, 15) is 0 Å². The van der Waals surface area contributed by atoms with Crippen molar-refractivity contribution in [2.45, 2.75) is 13.3 Å². The minimum absolute atomic E-state index is 0.594. The zero-order chi connectivity index (χ0) is 19.9. The molecular weight excluding hydrogens is 416 g/mol. The van der Waals surface area contributed by atoms with Crippen molar-refractivity contribution in [3.63, 3.8) is 0 Å². The number of pyridine rings is 1. The minimum atomic E-state index is 0.594. The molecule has 0 spiro atoms. The summed E-state index contributed by atoms with van der Waals surface area (Å²) in [7, 11) is 4.14. The molecule has 2 heterocycles. The third-order valence-electron chi connectivity index (χ3n) is 4.25. The number of nitrogens with zero attached hydrogens (tertiary/aromatic N) is 4. The van der Waals surface area contributed by atoms with Gasteiger partial charge in [-0.05, 0) is 63.8 Å². The fourth-order valence-corrected chi connectivity index (χ4v) is 3.08. The SMILES string of the molecule is Cc1c(Br)cccc1Nc1cc(-c2ccccn2)nc(NCCCN(C)C)n1. The van der Waals surface area contributed by atoms with Crippen LogP contribution in [0.1, 0.15) is 12.0 Å². The Morgan fingerprint density at radius 1 is 1.04 bits per heavy atom. The number of rotatable bonds is 8. The molecule has 1 aromatic carbocycles. The van der Waals surface area contributed by atoms with Gasteiger partial charge in [0.25, 0.3) is 0 Å². The molecule has 28 heavy (non-hydrogen) atoms. The van der Waals surface area contributed by atoms with Gasteiger partial charge in [0.05, 0.1) is 11.4 Å². The molecule has 2 aromatic heterocycles. The van der Waals surface area contributed by atoms with Gasteiger partial charge < -0.3 is 15.5 Å². The lowest BCUT2D eigenvalue weighted by atomic mass is 10.2. The number of hydrogen-bond donors (Lipinski definition) is 2. The molecule has 0 saturated carbocycles. The van der Waals surface area contributed by atoms with Gasteiger partial charge in [-0.25, -0.2) is 4.98 Å².